The maximum atomic E-state index is 10.5. The van der Waals surface area contributed by atoms with E-state index in [2.05, 4.69) is 12.1 Å². The average molecular weight is 325 g/mol. The van der Waals surface area contributed by atoms with Crippen molar-refractivity contribution in [2.24, 2.45) is 22.7 Å². The van der Waals surface area contributed by atoms with E-state index in [0.717, 1.165) is 5.92 Å². The van der Waals surface area contributed by atoms with Crippen LogP contribution in [0.15, 0.2) is 5.18 Å². The van der Waals surface area contributed by atoms with Gasteiger partial charge < -0.3 is 5.73 Å². The summed E-state index contributed by atoms with van der Waals surface area (Å²) in [5.41, 5.74) is 6.31. The molecule has 136 valence electrons. The second-order valence-corrected chi connectivity index (χ2v) is 7.73. The van der Waals surface area contributed by atoms with Crippen LogP contribution < -0.4 is 5.73 Å². The van der Waals surface area contributed by atoms with Crippen LogP contribution in [0.4, 0.5) is 0 Å². The lowest BCUT2D eigenvalue weighted by Crippen LogP contribution is -2.28. The molecule has 0 spiro atoms. The molecule has 0 aromatic carbocycles. The van der Waals surface area contributed by atoms with Crippen LogP contribution >= 0.6 is 0 Å². The standard InChI is InChI=1S/C20H40N2O/c1-2-3-12-18(17-22-23)13-8-6-4-5-7-9-16-20(21)19-14-10-11-15-19/h18-20H,2-17,21H2,1H3. The first-order valence-electron chi connectivity index (χ1n) is 10.3. The molecule has 2 N–H and O–H groups in total. The Kier molecular flexibility index (Phi) is 12.5. The molecule has 0 heterocycles. The van der Waals surface area contributed by atoms with Gasteiger partial charge in [-0.05, 0) is 43.9 Å². The maximum absolute atomic E-state index is 10.5. The third-order valence-corrected chi connectivity index (χ3v) is 5.70. The molecule has 0 saturated heterocycles. The molecule has 3 nitrogen and oxygen atoms in total. The van der Waals surface area contributed by atoms with E-state index in [1.807, 2.05) is 0 Å². The van der Waals surface area contributed by atoms with Gasteiger partial charge in [0.1, 0.15) is 0 Å². The van der Waals surface area contributed by atoms with Gasteiger partial charge in [-0.2, -0.15) is 4.91 Å². The summed E-state index contributed by atoms with van der Waals surface area (Å²) < 4.78 is 0. The highest BCUT2D eigenvalue weighted by Gasteiger charge is 2.21. The van der Waals surface area contributed by atoms with Crippen molar-refractivity contribution < 1.29 is 0 Å². The summed E-state index contributed by atoms with van der Waals surface area (Å²) in [6, 6.07) is 0.465. The van der Waals surface area contributed by atoms with Crippen molar-refractivity contribution >= 4 is 0 Å². The van der Waals surface area contributed by atoms with Crippen LogP contribution in [0.5, 0.6) is 0 Å². The summed E-state index contributed by atoms with van der Waals surface area (Å²) in [6.07, 6.45) is 19.5. The van der Waals surface area contributed by atoms with Gasteiger partial charge in [0, 0.05) is 6.04 Å². The van der Waals surface area contributed by atoms with Gasteiger partial charge in [-0.15, -0.1) is 0 Å². The molecule has 2 unspecified atom stereocenters. The average Bonchev–Trinajstić information content (AvgIpc) is 3.09. The van der Waals surface area contributed by atoms with E-state index in [1.165, 1.54) is 96.3 Å². The first-order chi connectivity index (χ1) is 11.3. The largest absolute Gasteiger partial charge is 0.327 e. The lowest BCUT2D eigenvalue weighted by molar-refractivity contribution is 0.391. The fourth-order valence-electron chi connectivity index (χ4n) is 4.07. The van der Waals surface area contributed by atoms with Crippen molar-refractivity contribution in [3.63, 3.8) is 0 Å². The zero-order chi connectivity index (χ0) is 16.8. The Labute approximate surface area is 144 Å². The van der Waals surface area contributed by atoms with Gasteiger partial charge in [-0.3, -0.25) is 0 Å². The Hall–Kier alpha value is -0.440. The molecule has 2 atom stereocenters. The molecule has 1 aliphatic carbocycles. The van der Waals surface area contributed by atoms with Crippen molar-refractivity contribution in [2.75, 3.05) is 6.54 Å². The zero-order valence-electron chi connectivity index (χ0n) is 15.5. The molecule has 23 heavy (non-hydrogen) atoms. The van der Waals surface area contributed by atoms with Crippen LogP contribution in [0, 0.1) is 16.7 Å². The van der Waals surface area contributed by atoms with Crippen molar-refractivity contribution in [3.05, 3.63) is 4.91 Å². The SMILES string of the molecule is CCCCC(CCCCCCCCC(N)C1CCCC1)CN=O. The molecule has 0 bridgehead atoms. The minimum atomic E-state index is 0.465. The van der Waals surface area contributed by atoms with E-state index in [4.69, 9.17) is 5.73 Å². The van der Waals surface area contributed by atoms with Gasteiger partial charge in [0.25, 0.3) is 0 Å². The molecule has 1 rings (SSSR count). The van der Waals surface area contributed by atoms with Crippen LogP contribution in [-0.4, -0.2) is 12.6 Å². The van der Waals surface area contributed by atoms with Gasteiger partial charge in [0.05, 0.1) is 6.54 Å². The van der Waals surface area contributed by atoms with Crippen molar-refractivity contribution in [3.8, 4) is 0 Å². The monoisotopic (exact) mass is 324 g/mol. The number of hydrogen-bond donors (Lipinski definition) is 1. The molecule has 1 fully saturated rings. The quantitative estimate of drug-likeness (QED) is 0.288. The molecule has 0 aromatic heterocycles. The Balaban J connectivity index is 1.90. The smallest absolute Gasteiger partial charge is 0.0839 e. The minimum Gasteiger partial charge on any atom is -0.327 e. The van der Waals surface area contributed by atoms with E-state index >= 15 is 0 Å². The van der Waals surface area contributed by atoms with Crippen LogP contribution in [0.25, 0.3) is 0 Å². The molecule has 0 aromatic rings. The lowest BCUT2D eigenvalue weighted by Gasteiger charge is -2.18. The van der Waals surface area contributed by atoms with E-state index in [-0.39, 0.29) is 0 Å². The Morgan fingerprint density at radius 2 is 1.48 bits per heavy atom. The normalized spacial score (nSPS) is 18.2. The summed E-state index contributed by atoms with van der Waals surface area (Å²) in [5, 5.41) is 3.12. The summed E-state index contributed by atoms with van der Waals surface area (Å²) in [5.74, 6) is 1.36. The molecule has 1 saturated carbocycles. The van der Waals surface area contributed by atoms with Crippen molar-refractivity contribution in [1.29, 1.82) is 0 Å². The number of nitrogens with zero attached hydrogens (tertiary/aromatic N) is 1. The molecular weight excluding hydrogens is 284 g/mol. The van der Waals surface area contributed by atoms with Crippen LogP contribution in [0.2, 0.25) is 0 Å². The second kappa shape index (κ2) is 13.9. The number of hydrogen-bond acceptors (Lipinski definition) is 3. The molecule has 1 aliphatic rings. The summed E-state index contributed by atoms with van der Waals surface area (Å²) in [4.78, 5) is 10.5. The molecule has 0 radical (unpaired) electrons. The summed E-state index contributed by atoms with van der Waals surface area (Å²) >= 11 is 0. The fraction of sp³-hybridized carbons (Fsp3) is 1.00. The van der Waals surface area contributed by atoms with Gasteiger partial charge in [-0.1, -0.05) is 76.3 Å². The fourth-order valence-corrected chi connectivity index (χ4v) is 4.07. The molecular formula is C20H40N2O. The number of nitrogens with two attached hydrogens (primary N) is 1. The number of rotatable bonds is 15. The van der Waals surface area contributed by atoms with Crippen LogP contribution in [-0.2, 0) is 0 Å². The van der Waals surface area contributed by atoms with E-state index in [0.29, 0.717) is 18.5 Å². The van der Waals surface area contributed by atoms with Gasteiger partial charge in [-0.25, -0.2) is 0 Å². The first-order valence-corrected chi connectivity index (χ1v) is 10.3. The number of nitroso groups, excluding NO2 is 1. The van der Waals surface area contributed by atoms with Gasteiger partial charge in [0.15, 0.2) is 0 Å². The second-order valence-electron chi connectivity index (χ2n) is 7.73. The predicted octanol–water partition coefficient (Wildman–Crippen LogP) is 6.20. The maximum Gasteiger partial charge on any atom is 0.0839 e. The highest BCUT2D eigenvalue weighted by Crippen LogP contribution is 2.28. The van der Waals surface area contributed by atoms with Crippen LogP contribution in [0.1, 0.15) is 103 Å². The highest BCUT2D eigenvalue weighted by atomic mass is 16.3. The molecule has 0 amide bonds. The molecule has 3 heteroatoms. The zero-order valence-corrected chi connectivity index (χ0v) is 15.5. The van der Waals surface area contributed by atoms with Crippen molar-refractivity contribution in [1.82, 2.24) is 0 Å². The molecule has 0 aliphatic heterocycles. The predicted molar refractivity (Wildman–Crippen MR) is 101 cm³/mol. The highest BCUT2D eigenvalue weighted by molar-refractivity contribution is 4.77. The van der Waals surface area contributed by atoms with E-state index < -0.39 is 0 Å². The number of unbranched alkanes of at least 4 members (excludes halogenated alkanes) is 6. The summed E-state index contributed by atoms with van der Waals surface area (Å²) in [6.45, 7) is 2.74. The Bertz CT molecular complexity index is 277. The van der Waals surface area contributed by atoms with Gasteiger partial charge in [0.2, 0.25) is 0 Å². The summed E-state index contributed by atoms with van der Waals surface area (Å²) in [7, 11) is 0. The Morgan fingerprint density at radius 1 is 0.913 bits per heavy atom. The van der Waals surface area contributed by atoms with E-state index in [1.54, 1.807) is 0 Å². The third kappa shape index (κ3) is 10.1. The van der Waals surface area contributed by atoms with Crippen LogP contribution in [0.3, 0.4) is 0 Å². The van der Waals surface area contributed by atoms with E-state index in [9.17, 15) is 4.91 Å². The minimum absolute atomic E-state index is 0.465. The third-order valence-electron chi connectivity index (χ3n) is 5.70. The Morgan fingerprint density at radius 3 is 2.09 bits per heavy atom. The first kappa shape index (κ1) is 20.6. The topological polar surface area (TPSA) is 55.4 Å². The lowest BCUT2D eigenvalue weighted by atomic mass is 9.93. The van der Waals surface area contributed by atoms with Gasteiger partial charge >= 0.3 is 0 Å². The van der Waals surface area contributed by atoms with Crippen molar-refractivity contribution in [2.45, 2.75) is 109 Å².